The van der Waals surface area contributed by atoms with Crippen LogP contribution in [0.4, 0.5) is 0 Å². The molecule has 110 valence electrons. The molecule has 2 aromatic rings. The lowest BCUT2D eigenvalue weighted by Crippen LogP contribution is -2.12. The smallest absolute Gasteiger partial charge is 0.162 e. The van der Waals surface area contributed by atoms with Gasteiger partial charge in [-0.25, -0.2) is 0 Å². The highest BCUT2D eigenvalue weighted by atomic mass is 32.1. The highest BCUT2D eigenvalue weighted by Gasteiger charge is 2.07. The second kappa shape index (κ2) is 7.50. The quantitative estimate of drug-likeness (QED) is 0.629. The van der Waals surface area contributed by atoms with E-state index in [4.69, 9.17) is 32.2 Å². The van der Waals surface area contributed by atoms with Crippen LogP contribution in [0.3, 0.4) is 0 Å². The molecular formula is C16H17NO3S. The van der Waals surface area contributed by atoms with Crippen molar-refractivity contribution in [2.45, 2.75) is 0 Å². The van der Waals surface area contributed by atoms with Gasteiger partial charge in [-0.15, -0.1) is 0 Å². The Hall–Kier alpha value is -2.27. The van der Waals surface area contributed by atoms with Gasteiger partial charge in [0.05, 0.1) is 7.11 Å². The molecule has 0 unspecified atom stereocenters. The number of para-hydroxylation sites is 1. The Kier molecular flexibility index (Phi) is 5.40. The Morgan fingerprint density at radius 3 is 2.38 bits per heavy atom. The lowest BCUT2D eigenvalue weighted by molar-refractivity contribution is 0.211. The summed E-state index contributed by atoms with van der Waals surface area (Å²) >= 11 is 4.96. The van der Waals surface area contributed by atoms with Crippen LogP contribution in [-0.4, -0.2) is 25.3 Å². The molecule has 0 atom stereocenters. The summed E-state index contributed by atoms with van der Waals surface area (Å²) in [6.45, 7) is 0.830. The van der Waals surface area contributed by atoms with E-state index in [1.165, 1.54) is 0 Å². The molecule has 0 aliphatic rings. The molecule has 0 saturated carbocycles. The fourth-order valence-electron chi connectivity index (χ4n) is 1.77. The Labute approximate surface area is 129 Å². The monoisotopic (exact) mass is 303 g/mol. The Morgan fingerprint density at radius 2 is 1.71 bits per heavy atom. The van der Waals surface area contributed by atoms with Gasteiger partial charge in [0.15, 0.2) is 11.5 Å². The maximum Gasteiger partial charge on any atom is 0.162 e. The van der Waals surface area contributed by atoms with Crippen molar-refractivity contribution in [3.05, 3.63) is 54.1 Å². The summed E-state index contributed by atoms with van der Waals surface area (Å²) in [5.41, 5.74) is 6.36. The molecule has 0 aromatic heterocycles. The Balaban J connectivity index is 1.92. The minimum absolute atomic E-state index is 0.322. The number of thiocarbonyl (C=S) groups is 1. The van der Waals surface area contributed by atoms with E-state index in [-0.39, 0.29) is 0 Å². The first-order chi connectivity index (χ1) is 10.2. The zero-order valence-electron chi connectivity index (χ0n) is 11.7. The van der Waals surface area contributed by atoms with Crippen molar-refractivity contribution >= 4 is 17.2 Å². The molecule has 0 spiro atoms. The molecule has 0 heterocycles. The molecule has 0 radical (unpaired) electrons. The topological polar surface area (TPSA) is 53.7 Å². The molecule has 0 aliphatic carbocycles. The van der Waals surface area contributed by atoms with Gasteiger partial charge in [-0.1, -0.05) is 30.4 Å². The normalized spacial score (nSPS) is 9.95. The van der Waals surface area contributed by atoms with Gasteiger partial charge in [0.25, 0.3) is 0 Å². The summed E-state index contributed by atoms with van der Waals surface area (Å²) in [7, 11) is 1.59. The van der Waals surface area contributed by atoms with Crippen LogP contribution in [0.15, 0.2) is 48.5 Å². The fraction of sp³-hybridized carbons (Fsp3) is 0.188. The summed E-state index contributed by atoms with van der Waals surface area (Å²) in [5, 5.41) is 0. The van der Waals surface area contributed by atoms with Crippen molar-refractivity contribution in [2.24, 2.45) is 5.73 Å². The van der Waals surface area contributed by atoms with Gasteiger partial charge in [-0.2, -0.15) is 0 Å². The lowest BCUT2D eigenvalue weighted by Gasteiger charge is -2.12. The number of hydrogen-bond acceptors (Lipinski definition) is 4. The van der Waals surface area contributed by atoms with Crippen molar-refractivity contribution in [1.29, 1.82) is 0 Å². The molecule has 0 fully saturated rings. The number of hydrogen-bond donors (Lipinski definition) is 1. The summed E-state index contributed by atoms with van der Waals surface area (Å²) in [6.07, 6.45) is 0. The molecule has 2 aromatic carbocycles. The Bertz CT molecular complexity index is 602. The van der Waals surface area contributed by atoms with Crippen molar-refractivity contribution in [3.63, 3.8) is 0 Å². The van der Waals surface area contributed by atoms with Gasteiger partial charge >= 0.3 is 0 Å². The maximum absolute atomic E-state index is 5.68. The van der Waals surface area contributed by atoms with Crippen LogP contribution in [0.25, 0.3) is 0 Å². The largest absolute Gasteiger partial charge is 0.493 e. The fourth-order valence-corrected chi connectivity index (χ4v) is 1.90. The van der Waals surface area contributed by atoms with Crippen LogP contribution in [0.5, 0.6) is 17.2 Å². The maximum atomic E-state index is 5.68. The van der Waals surface area contributed by atoms with Crippen LogP contribution < -0.4 is 19.9 Å². The molecule has 0 bridgehead atoms. The lowest BCUT2D eigenvalue weighted by atomic mass is 10.2. The van der Waals surface area contributed by atoms with Gasteiger partial charge < -0.3 is 19.9 Å². The second-order valence-electron chi connectivity index (χ2n) is 4.24. The van der Waals surface area contributed by atoms with Crippen molar-refractivity contribution < 1.29 is 14.2 Å². The molecule has 5 heteroatoms. The highest BCUT2D eigenvalue weighted by molar-refractivity contribution is 7.80. The van der Waals surface area contributed by atoms with Crippen LogP contribution in [0.1, 0.15) is 5.56 Å². The number of rotatable bonds is 7. The van der Waals surface area contributed by atoms with E-state index < -0.39 is 0 Å². The van der Waals surface area contributed by atoms with Gasteiger partial charge in [-0.3, -0.25) is 0 Å². The van der Waals surface area contributed by atoms with Gasteiger partial charge in [0.1, 0.15) is 24.0 Å². The third kappa shape index (κ3) is 4.36. The van der Waals surface area contributed by atoms with E-state index in [0.717, 1.165) is 11.3 Å². The van der Waals surface area contributed by atoms with Crippen LogP contribution in [0, 0.1) is 0 Å². The van der Waals surface area contributed by atoms with E-state index in [0.29, 0.717) is 29.7 Å². The predicted molar refractivity (Wildman–Crippen MR) is 86.3 cm³/mol. The summed E-state index contributed by atoms with van der Waals surface area (Å²) in [5.74, 6) is 2.04. The van der Waals surface area contributed by atoms with Crippen molar-refractivity contribution in [2.75, 3.05) is 20.3 Å². The molecule has 4 nitrogen and oxygen atoms in total. The minimum atomic E-state index is 0.322. The number of nitrogens with two attached hydrogens (primary N) is 1. The predicted octanol–water partition coefficient (Wildman–Crippen LogP) is 2.79. The molecular weight excluding hydrogens is 286 g/mol. The number of benzene rings is 2. The van der Waals surface area contributed by atoms with Gasteiger partial charge in [0, 0.05) is 5.56 Å². The number of ether oxygens (including phenoxy) is 3. The zero-order valence-corrected chi connectivity index (χ0v) is 12.6. The summed E-state index contributed by atoms with van der Waals surface area (Å²) in [6, 6.07) is 14.9. The van der Waals surface area contributed by atoms with Crippen LogP contribution in [0.2, 0.25) is 0 Å². The van der Waals surface area contributed by atoms with E-state index >= 15 is 0 Å². The molecule has 0 aliphatic heterocycles. The van der Waals surface area contributed by atoms with Crippen LogP contribution in [-0.2, 0) is 0 Å². The summed E-state index contributed by atoms with van der Waals surface area (Å²) in [4.78, 5) is 0.322. The number of methoxy groups -OCH3 is 1. The van der Waals surface area contributed by atoms with E-state index in [2.05, 4.69) is 0 Å². The first kappa shape index (κ1) is 15.1. The minimum Gasteiger partial charge on any atom is -0.493 e. The van der Waals surface area contributed by atoms with E-state index in [9.17, 15) is 0 Å². The second-order valence-corrected chi connectivity index (χ2v) is 4.68. The zero-order chi connectivity index (χ0) is 15.1. The standard InChI is InChI=1S/C16H17NO3S/c1-18-14-8-7-12(16(17)21)11-15(14)20-10-9-19-13-5-3-2-4-6-13/h2-8,11H,9-10H2,1H3,(H2,17,21). The third-order valence-electron chi connectivity index (χ3n) is 2.80. The third-order valence-corrected chi connectivity index (χ3v) is 3.04. The summed E-state index contributed by atoms with van der Waals surface area (Å²) < 4.78 is 16.5. The highest BCUT2D eigenvalue weighted by Crippen LogP contribution is 2.28. The van der Waals surface area contributed by atoms with Crippen molar-refractivity contribution in [3.8, 4) is 17.2 Å². The van der Waals surface area contributed by atoms with Gasteiger partial charge in [0.2, 0.25) is 0 Å². The SMILES string of the molecule is COc1ccc(C(N)=S)cc1OCCOc1ccccc1. The molecule has 0 amide bonds. The van der Waals surface area contributed by atoms with E-state index in [1.807, 2.05) is 30.3 Å². The molecule has 2 rings (SSSR count). The van der Waals surface area contributed by atoms with E-state index in [1.54, 1.807) is 25.3 Å². The van der Waals surface area contributed by atoms with Crippen LogP contribution >= 0.6 is 12.2 Å². The molecule has 2 N–H and O–H groups in total. The average Bonchev–Trinajstić information content (AvgIpc) is 2.52. The average molecular weight is 303 g/mol. The molecule has 21 heavy (non-hydrogen) atoms. The van der Waals surface area contributed by atoms with Crippen molar-refractivity contribution in [1.82, 2.24) is 0 Å². The first-order valence-corrected chi connectivity index (χ1v) is 6.90. The van der Waals surface area contributed by atoms with Gasteiger partial charge in [-0.05, 0) is 30.3 Å². The molecule has 0 saturated heterocycles. The Morgan fingerprint density at radius 1 is 1.00 bits per heavy atom. The first-order valence-electron chi connectivity index (χ1n) is 6.49.